The molecule has 0 aliphatic carbocycles. The van der Waals surface area contributed by atoms with E-state index in [1.54, 1.807) is 6.20 Å². The number of aromatic nitrogens is 2. The number of aryl methyl sites for hydroxylation is 1. The first-order valence-corrected chi connectivity index (χ1v) is 6.33. The van der Waals surface area contributed by atoms with E-state index in [9.17, 15) is 4.79 Å². The molecule has 0 bridgehead atoms. The molecule has 0 spiro atoms. The highest BCUT2D eigenvalue weighted by atomic mass is 35.5. The second-order valence-corrected chi connectivity index (χ2v) is 4.66. The first-order chi connectivity index (χ1) is 8.76. The average Bonchev–Trinajstić information content (AvgIpc) is 2.93. The Morgan fingerprint density at radius 1 is 1.39 bits per heavy atom. The SMILES string of the molecule is O=C1Cc2cc(-c3cnc(CCCl)[nH]3)ccc2N1. The second-order valence-electron chi connectivity index (χ2n) is 4.28. The van der Waals surface area contributed by atoms with Crippen LogP contribution in [0.3, 0.4) is 0 Å². The fourth-order valence-electron chi connectivity index (χ4n) is 2.12. The van der Waals surface area contributed by atoms with Crippen LogP contribution in [0, 0.1) is 0 Å². The summed E-state index contributed by atoms with van der Waals surface area (Å²) in [6, 6.07) is 5.92. The third kappa shape index (κ3) is 1.99. The van der Waals surface area contributed by atoms with Gasteiger partial charge >= 0.3 is 0 Å². The zero-order chi connectivity index (χ0) is 12.5. The van der Waals surface area contributed by atoms with Gasteiger partial charge in [-0.25, -0.2) is 4.98 Å². The Kier molecular flexibility index (Phi) is 2.80. The summed E-state index contributed by atoms with van der Waals surface area (Å²) in [4.78, 5) is 18.8. The number of amides is 1. The lowest BCUT2D eigenvalue weighted by atomic mass is 10.1. The average molecular weight is 262 g/mol. The quantitative estimate of drug-likeness (QED) is 0.834. The minimum atomic E-state index is 0.0505. The van der Waals surface area contributed by atoms with Gasteiger partial charge in [0, 0.05) is 18.0 Å². The molecular weight excluding hydrogens is 250 g/mol. The summed E-state index contributed by atoms with van der Waals surface area (Å²) in [5.74, 6) is 1.49. The highest BCUT2D eigenvalue weighted by Gasteiger charge is 2.18. The van der Waals surface area contributed by atoms with Crippen molar-refractivity contribution in [3.05, 3.63) is 35.8 Å². The van der Waals surface area contributed by atoms with E-state index in [0.29, 0.717) is 12.3 Å². The van der Waals surface area contributed by atoms with Gasteiger partial charge in [-0.1, -0.05) is 6.07 Å². The second kappa shape index (κ2) is 4.46. The molecule has 1 aromatic carbocycles. The van der Waals surface area contributed by atoms with Crippen molar-refractivity contribution in [3.63, 3.8) is 0 Å². The molecule has 1 aromatic heterocycles. The molecule has 0 saturated heterocycles. The van der Waals surface area contributed by atoms with Gasteiger partial charge in [-0.2, -0.15) is 0 Å². The van der Waals surface area contributed by atoms with Crippen molar-refractivity contribution < 1.29 is 4.79 Å². The van der Waals surface area contributed by atoms with Gasteiger partial charge in [-0.3, -0.25) is 4.79 Å². The highest BCUT2D eigenvalue weighted by molar-refractivity contribution is 6.17. The van der Waals surface area contributed by atoms with E-state index >= 15 is 0 Å². The Balaban J connectivity index is 1.92. The summed E-state index contributed by atoms with van der Waals surface area (Å²) in [5, 5.41) is 2.82. The molecule has 0 radical (unpaired) electrons. The van der Waals surface area contributed by atoms with E-state index in [4.69, 9.17) is 11.6 Å². The van der Waals surface area contributed by atoms with Gasteiger partial charge in [0.15, 0.2) is 0 Å². The summed E-state index contributed by atoms with van der Waals surface area (Å²) in [6.07, 6.45) is 2.98. The summed E-state index contributed by atoms with van der Waals surface area (Å²) in [7, 11) is 0. The maximum absolute atomic E-state index is 11.3. The zero-order valence-corrected chi connectivity index (χ0v) is 10.4. The van der Waals surface area contributed by atoms with Gasteiger partial charge in [-0.15, -0.1) is 11.6 Å². The number of carbonyl (C=O) groups excluding carboxylic acids is 1. The molecular formula is C13H12ClN3O. The van der Waals surface area contributed by atoms with Crippen molar-refractivity contribution in [1.29, 1.82) is 0 Å². The molecule has 92 valence electrons. The van der Waals surface area contributed by atoms with Gasteiger partial charge in [0.2, 0.25) is 5.91 Å². The molecule has 2 heterocycles. The molecule has 18 heavy (non-hydrogen) atoms. The van der Waals surface area contributed by atoms with Crippen molar-refractivity contribution in [1.82, 2.24) is 9.97 Å². The number of anilines is 1. The van der Waals surface area contributed by atoms with E-state index in [0.717, 1.165) is 34.8 Å². The van der Waals surface area contributed by atoms with E-state index in [1.165, 1.54) is 0 Å². The molecule has 0 unspecified atom stereocenters. The van der Waals surface area contributed by atoms with E-state index < -0.39 is 0 Å². The minimum absolute atomic E-state index is 0.0505. The van der Waals surface area contributed by atoms with Gasteiger partial charge in [0.25, 0.3) is 0 Å². The van der Waals surface area contributed by atoms with Crippen molar-refractivity contribution in [2.45, 2.75) is 12.8 Å². The summed E-state index contributed by atoms with van der Waals surface area (Å²) >= 11 is 5.68. The number of halogens is 1. The molecule has 1 aliphatic heterocycles. The molecule has 0 atom stereocenters. The number of alkyl halides is 1. The Morgan fingerprint density at radius 3 is 3.11 bits per heavy atom. The number of H-pyrrole nitrogens is 1. The van der Waals surface area contributed by atoms with Gasteiger partial charge in [-0.05, 0) is 23.3 Å². The van der Waals surface area contributed by atoms with E-state index in [1.807, 2.05) is 18.2 Å². The third-order valence-corrected chi connectivity index (χ3v) is 3.19. The van der Waals surface area contributed by atoms with Gasteiger partial charge in [0.1, 0.15) is 5.82 Å². The number of rotatable bonds is 3. The van der Waals surface area contributed by atoms with E-state index in [-0.39, 0.29) is 5.91 Å². The molecule has 3 rings (SSSR count). The normalized spacial score (nSPS) is 13.5. The first-order valence-electron chi connectivity index (χ1n) is 5.79. The number of carbonyl (C=O) groups is 1. The Hall–Kier alpha value is -1.81. The van der Waals surface area contributed by atoms with Crippen LogP contribution in [0.4, 0.5) is 5.69 Å². The van der Waals surface area contributed by atoms with Crippen LogP contribution in [0.15, 0.2) is 24.4 Å². The number of fused-ring (bicyclic) bond motifs is 1. The maximum Gasteiger partial charge on any atom is 0.228 e. The number of imidazole rings is 1. The molecule has 4 nitrogen and oxygen atoms in total. The van der Waals surface area contributed by atoms with Crippen molar-refractivity contribution in [2.75, 3.05) is 11.2 Å². The van der Waals surface area contributed by atoms with Crippen LogP contribution in [-0.2, 0) is 17.6 Å². The Labute approximate surface area is 109 Å². The molecule has 1 amide bonds. The number of aromatic amines is 1. The molecule has 0 saturated carbocycles. The van der Waals surface area contributed by atoms with Crippen LogP contribution in [0.25, 0.3) is 11.3 Å². The molecule has 2 aromatic rings. The number of hydrogen-bond donors (Lipinski definition) is 2. The van der Waals surface area contributed by atoms with Crippen LogP contribution in [0.1, 0.15) is 11.4 Å². The standard InChI is InChI=1S/C13H12ClN3O/c14-4-3-12-15-7-11(16-12)8-1-2-10-9(5-8)6-13(18)17-10/h1-2,5,7H,3-4,6H2,(H,15,16)(H,17,18). The number of benzene rings is 1. The largest absolute Gasteiger partial charge is 0.342 e. The number of nitrogens with one attached hydrogen (secondary N) is 2. The molecule has 1 aliphatic rings. The van der Waals surface area contributed by atoms with Crippen LogP contribution < -0.4 is 5.32 Å². The first kappa shape index (κ1) is 11.3. The molecule has 0 fully saturated rings. The lowest BCUT2D eigenvalue weighted by Crippen LogP contribution is -2.03. The van der Waals surface area contributed by atoms with E-state index in [2.05, 4.69) is 15.3 Å². The predicted octanol–water partition coefficient (Wildman–Crippen LogP) is 2.35. The fraction of sp³-hybridized carbons (Fsp3) is 0.231. The number of nitrogens with zero attached hydrogens (tertiary/aromatic N) is 1. The van der Waals surface area contributed by atoms with Crippen molar-refractivity contribution >= 4 is 23.2 Å². The third-order valence-electron chi connectivity index (χ3n) is 3.00. The summed E-state index contributed by atoms with van der Waals surface area (Å²) in [5.41, 5.74) is 3.94. The van der Waals surface area contributed by atoms with Crippen molar-refractivity contribution in [3.8, 4) is 11.3 Å². The van der Waals surface area contributed by atoms with Crippen LogP contribution in [-0.4, -0.2) is 21.8 Å². The monoisotopic (exact) mass is 261 g/mol. The van der Waals surface area contributed by atoms with Crippen LogP contribution in [0.5, 0.6) is 0 Å². The maximum atomic E-state index is 11.3. The minimum Gasteiger partial charge on any atom is -0.342 e. The Bertz CT molecular complexity index is 606. The topological polar surface area (TPSA) is 57.8 Å². The van der Waals surface area contributed by atoms with Crippen molar-refractivity contribution in [2.24, 2.45) is 0 Å². The summed E-state index contributed by atoms with van der Waals surface area (Å²) in [6.45, 7) is 0. The molecule has 5 heteroatoms. The van der Waals surface area contributed by atoms with Crippen LogP contribution >= 0.6 is 11.6 Å². The van der Waals surface area contributed by atoms with Gasteiger partial charge < -0.3 is 10.3 Å². The highest BCUT2D eigenvalue weighted by Crippen LogP contribution is 2.28. The summed E-state index contributed by atoms with van der Waals surface area (Å²) < 4.78 is 0. The fourth-order valence-corrected chi connectivity index (χ4v) is 2.30. The van der Waals surface area contributed by atoms with Crippen LogP contribution in [0.2, 0.25) is 0 Å². The number of hydrogen-bond acceptors (Lipinski definition) is 2. The zero-order valence-electron chi connectivity index (χ0n) is 9.66. The molecule has 2 N–H and O–H groups in total. The Morgan fingerprint density at radius 2 is 2.28 bits per heavy atom. The van der Waals surface area contributed by atoms with Gasteiger partial charge in [0.05, 0.1) is 18.3 Å². The predicted molar refractivity (Wildman–Crippen MR) is 70.8 cm³/mol. The smallest absolute Gasteiger partial charge is 0.228 e. The lowest BCUT2D eigenvalue weighted by Gasteiger charge is -2.01. The lowest BCUT2D eigenvalue weighted by molar-refractivity contribution is -0.115.